The Bertz CT molecular complexity index is 473. The summed E-state index contributed by atoms with van der Waals surface area (Å²) in [5.41, 5.74) is 2.05. The maximum atomic E-state index is 6.13. The van der Waals surface area contributed by atoms with Gasteiger partial charge in [0.1, 0.15) is 6.10 Å². The quantitative estimate of drug-likeness (QED) is 0.809. The molecule has 2 rings (SSSR count). The second-order valence-corrected chi connectivity index (χ2v) is 7.00. The first kappa shape index (κ1) is 14.6. The van der Waals surface area contributed by atoms with E-state index in [0.29, 0.717) is 22.4 Å². The topological polar surface area (TPSA) is 35.0 Å². The maximum Gasteiger partial charge on any atom is 0.252 e. The van der Waals surface area contributed by atoms with Crippen molar-refractivity contribution in [2.24, 2.45) is 11.3 Å². The monoisotopic (exact) mass is 282 g/mol. The average molecular weight is 283 g/mol. The zero-order chi connectivity index (χ0) is 14.2. The van der Waals surface area contributed by atoms with E-state index in [1.165, 1.54) is 6.42 Å². The van der Waals surface area contributed by atoms with Crippen molar-refractivity contribution in [1.29, 1.82) is 0 Å². The van der Waals surface area contributed by atoms with Gasteiger partial charge in [-0.15, -0.1) is 0 Å². The number of aromatic nitrogens is 2. The minimum atomic E-state index is 0.188. The SMILES string of the molecule is Cc1nc(Cl)c(OC2CC(C)CC(C)(C)C2)nc1C. The molecule has 1 fully saturated rings. The van der Waals surface area contributed by atoms with Crippen LogP contribution < -0.4 is 4.74 Å². The number of halogens is 1. The van der Waals surface area contributed by atoms with E-state index >= 15 is 0 Å². The predicted octanol–water partition coefficient (Wildman–Crippen LogP) is 4.34. The molecular weight excluding hydrogens is 260 g/mol. The molecule has 4 heteroatoms. The first-order valence-electron chi connectivity index (χ1n) is 6.94. The highest BCUT2D eigenvalue weighted by atomic mass is 35.5. The summed E-state index contributed by atoms with van der Waals surface area (Å²) in [6.07, 6.45) is 3.54. The minimum absolute atomic E-state index is 0.188. The normalized spacial score (nSPS) is 26.2. The zero-order valence-electron chi connectivity index (χ0n) is 12.5. The van der Waals surface area contributed by atoms with Gasteiger partial charge in [-0.3, -0.25) is 0 Å². The zero-order valence-corrected chi connectivity index (χ0v) is 13.2. The Morgan fingerprint density at radius 1 is 1.16 bits per heavy atom. The van der Waals surface area contributed by atoms with E-state index in [1.807, 2.05) is 13.8 Å². The van der Waals surface area contributed by atoms with E-state index in [9.17, 15) is 0 Å². The third-order valence-electron chi connectivity index (χ3n) is 3.86. The van der Waals surface area contributed by atoms with Crippen molar-refractivity contribution in [2.45, 2.75) is 60.0 Å². The summed E-state index contributed by atoms with van der Waals surface area (Å²) in [6, 6.07) is 0. The molecule has 0 aromatic carbocycles. The third kappa shape index (κ3) is 3.59. The van der Waals surface area contributed by atoms with Gasteiger partial charge < -0.3 is 4.74 Å². The van der Waals surface area contributed by atoms with Gasteiger partial charge >= 0.3 is 0 Å². The lowest BCUT2D eigenvalue weighted by molar-refractivity contribution is 0.0529. The van der Waals surface area contributed by atoms with Crippen LogP contribution in [0.25, 0.3) is 0 Å². The summed E-state index contributed by atoms with van der Waals surface area (Å²) >= 11 is 6.13. The molecule has 3 nitrogen and oxygen atoms in total. The van der Waals surface area contributed by atoms with Crippen molar-refractivity contribution < 1.29 is 4.74 Å². The Labute approximate surface area is 120 Å². The van der Waals surface area contributed by atoms with Gasteiger partial charge in [0.2, 0.25) is 0 Å². The maximum absolute atomic E-state index is 6.13. The van der Waals surface area contributed by atoms with E-state index in [-0.39, 0.29) is 6.10 Å². The van der Waals surface area contributed by atoms with Crippen molar-refractivity contribution >= 4 is 11.6 Å². The van der Waals surface area contributed by atoms with Crippen LogP contribution in [0.15, 0.2) is 0 Å². The molecule has 2 unspecified atom stereocenters. The fourth-order valence-electron chi connectivity index (χ4n) is 3.14. The molecule has 1 aromatic rings. The molecule has 0 spiro atoms. The summed E-state index contributed by atoms with van der Waals surface area (Å²) in [5, 5.41) is 0.374. The fraction of sp³-hybridized carbons (Fsp3) is 0.733. The standard InChI is InChI=1S/C15H23ClN2O/c1-9-6-12(8-15(4,5)7-9)19-14-13(16)17-10(2)11(3)18-14/h9,12H,6-8H2,1-5H3. The number of aryl methyl sites for hydroxylation is 2. The van der Waals surface area contributed by atoms with Crippen LogP contribution in [0.1, 0.15) is 51.4 Å². The fourth-order valence-corrected chi connectivity index (χ4v) is 3.35. The van der Waals surface area contributed by atoms with Gasteiger partial charge in [-0.25, -0.2) is 9.97 Å². The Hall–Kier alpha value is -0.830. The molecule has 0 saturated heterocycles. The third-order valence-corrected chi connectivity index (χ3v) is 4.11. The number of hydrogen-bond acceptors (Lipinski definition) is 3. The van der Waals surface area contributed by atoms with Crippen molar-refractivity contribution in [3.63, 3.8) is 0 Å². The van der Waals surface area contributed by atoms with Crippen LogP contribution in [0.4, 0.5) is 0 Å². The average Bonchev–Trinajstić information content (AvgIpc) is 2.22. The molecule has 1 aliphatic carbocycles. The van der Waals surface area contributed by atoms with Gasteiger partial charge in [0, 0.05) is 0 Å². The molecule has 1 saturated carbocycles. The molecule has 1 heterocycles. The predicted molar refractivity (Wildman–Crippen MR) is 77.7 cm³/mol. The molecule has 1 aromatic heterocycles. The second-order valence-electron chi connectivity index (χ2n) is 6.64. The lowest BCUT2D eigenvalue weighted by atomic mass is 9.71. The molecule has 0 amide bonds. The van der Waals surface area contributed by atoms with E-state index < -0.39 is 0 Å². The van der Waals surface area contributed by atoms with Crippen LogP contribution in [0.5, 0.6) is 5.88 Å². The first-order chi connectivity index (χ1) is 8.77. The lowest BCUT2D eigenvalue weighted by Crippen LogP contribution is -2.34. The van der Waals surface area contributed by atoms with E-state index in [0.717, 1.165) is 24.2 Å². The summed E-state index contributed by atoms with van der Waals surface area (Å²) in [5.74, 6) is 1.16. The van der Waals surface area contributed by atoms with Gasteiger partial charge in [-0.05, 0) is 44.4 Å². The van der Waals surface area contributed by atoms with Gasteiger partial charge in [-0.2, -0.15) is 0 Å². The van der Waals surface area contributed by atoms with Crippen molar-refractivity contribution in [3.8, 4) is 5.88 Å². The summed E-state index contributed by atoms with van der Waals surface area (Å²) in [4.78, 5) is 8.69. The highest BCUT2D eigenvalue weighted by molar-refractivity contribution is 6.30. The molecule has 0 bridgehead atoms. The van der Waals surface area contributed by atoms with Crippen LogP contribution in [-0.2, 0) is 0 Å². The number of ether oxygens (including phenoxy) is 1. The van der Waals surface area contributed by atoms with E-state index in [1.54, 1.807) is 0 Å². The molecule has 0 radical (unpaired) electrons. The van der Waals surface area contributed by atoms with Gasteiger partial charge in [0.25, 0.3) is 5.88 Å². The summed E-state index contributed by atoms with van der Waals surface area (Å²) in [6.45, 7) is 10.7. The Morgan fingerprint density at radius 3 is 2.42 bits per heavy atom. The molecule has 0 aliphatic heterocycles. The Balaban J connectivity index is 2.15. The summed E-state index contributed by atoms with van der Waals surface area (Å²) < 4.78 is 6.02. The van der Waals surface area contributed by atoms with E-state index in [4.69, 9.17) is 16.3 Å². The highest BCUT2D eigenvalue weighted by Crippen LogP contribution is 2.40. The van der Waals surface area contributed by atoms with Crippen molar-refractivity contribution in [2.75, 3.05) is 0 Å². The van der Waals surface area contributed by atoms with Crippen LogP contribution in [0.2, 0.25) is 5.15 Å². The van der Waals surface area contributed by atoms with Gasteiger partial charge in [0.15, 0.2) is 5.15 Å². The minimum Gasteiger partial charge on any atom is -0.472 e. The molecule has 106 valence electrons. The second kappa shape index (κ2) is 5.28. The van der Waals surface area contributed by atoms with Crippen LogP contribution >= 0.6 is 11.6 Å². The Morgan fingerprint density at radius 2 is 1.79 bits per heavy atom. The van der Waals surface area contributed by atoms with Crippen LogP contribution in [0, 0.1) is 25.2 Å². The highest BCUT2D eigenvalue weighted by Gasteiger charge is 2.33. The first-order valence-corrected chi connectivity index (χ1v) is 7.32. The van der Waals surface area contributed by atoms with Crippen molar-refractivity contribution in [1.82, 2.24) is 9.97 Å². The molecule has 0 N–H and O–H groups in total. The van der Waals surface area contributed by atoms with Crippen LogP contribution in [0.3, 0.4) is 0 Å². The smallest absolute Gasteiger partial charge is 0.252 e. The molecule has 2 atom stereocenters. The van der Waals surface area contributed by atoms with E-state index in [2.05, 4.69) is 30.7 Å². The molecule has 19 heavy (non-hydrogen) atoms. The molecular formula is C15H23ClN2O. The van der Waals surface area contributed by atoms with Crippen molar-refractivity contribution in [3.05, 3.63) is 16.5 Å². The number of nitrogens with zero attached hydrogens (tertiary/aromatic N) is 2. The number of rotatable bonds is 2. The molecule has 1 aliphatic rings. The largest absolute Gasteiger partial charge is 0.472 e. The lowest BCUT2D eigenvalue weighted by Gasteiger charge is -2.38. The Kier molecular flexibility index (Phi) is 4.05. The summed E-state index contributed by atoms with van der Waals surface area (Å²) in [7, 11) is 0. The number of hydrogen-bond donors (Lipinski definition) is 0. The van der Waals surface area contributed by atoms with Crippen LogP contribution in [-0.4, -0.2) is 16.1 Å². The van der Waals surface area contributed by atoms with Gasteiger partial charge in [-0.1, -0.05) is 32.4 Å². The van der Waals surface area contributed by atoms with Gasteiger partial charge in [0.05, 0.1) is 11.4 Å².